The highest BCUT2D eigenvalue weighted by atomic mass is 16.5. The maximum atomic E-state index is 7.30. The predicted octanol–water partition coefficient (Wildman–Crippen LogP) is 1.23. The second kappa shape index (κ2) is 5.82. The van der Waals surface area contributed by atoms with Crippen LogP contribution in [0.15, 0.2) is 18.3 Å². The van der Waals surface area contributed by atoms with Crippen LogP contribution in [0.3, 0.4) is 0 Å². The molecule has 1 aliphatic rings. The van der Waals surface area contributed by atoms with Crippen LogP contribution < -0.4 is 10.6 Å². The molecule has 2 rings (SSSR count). The fourth-order valence-corrected chi connectivity index (χ4v) is 1.62. The molecule has 5 heteroatoms. The highest BCUT2D eigenvalue weighted by molar-refractivity contribution is 5.94. The number of aromatic nitrogens is 1. The number of likely N-dealkylation sites (N-methyl/N-ethyl adjacent to an activating group) is 1. The summed E-state index contributed by atoms with van der Waals surface area (Å²) in [5.74, 6) is 1.72. The molecule has 0 atom stereocenters. The van der Waals surface area contributed by atoms with Crippen molar-refractivity contribution in [3.8, 4) is 0 Å². The molecule has 0 unspecified atom stereocenters. The summed E-state index contributed by atoms with van der Waals surface area (Å²) in [5, 5.41) is 7.30. The lowest BCUT2D eigenvalue weighted by Crippen LogP contribution is -2.24. The quantitative estimate of drug-likeness (QED) is 0.432. The number of nitrogens with one attached hydrogen (secondary N) is 1. The first kappa shape index (κ1) is 12.8. The molecule has 0 aliphatic heterocycles. The zero-order valence-electron chi connectivity index (χ0n) is 10.7. The van der Waals surface area contributed by atoms with Crippen molar-refractivity contribution >= 4 is 11.7 Å². The SMILES string of the molecule is CN(CCOCC1CC1)c1ccc(C(=N)N)cn1. The van der Waals surface area contributed by atoms with Crippen molar-refractivity contribution in [3.63, 3.8) is 0 Å². The Morgan fingerprint density at radius 3 is 2.89 bits per heavy atom. The lowest BCUT2D eigenvalue weighted by Gasteiger charge is -2.18. The monoisotopic (exact) mass is 248 g/mol. The first-order valence-electron chi connectivity index (χ1n) is 6.26. The molecule has 1 saturated carbocycles. The number of nitrogens with two attached hydrogens (primary N) is 1. The molecule has 98 valence electrons. The largest absolute Gasteiger partial charge is 0.384 e. The van der Waals surface area contributed by atoms with Crippen molar-refractivity contribution in [3.05, 3.63) is 23.9 Å². The minimum atomic E-state index is 0.0458. The second-order valence-corrected chi connectivity index (χ2v) is 4.76. The van der Waals surface area contributed by atoms with Gasteiger partial charge in [-0.1, -0.05) is 0 Å². The Hall–Kier alpha value is -1.62. The first-order chi connectivity index (χ1) is 8.66. The van der Waals surface area contributed by atoms with E-state index in [1.165, 1.54) is 12.8 Å². The molecule has 0 aromatic carbocycles. The average Bonchev–Trinajstić information content (AvgIpc) is 3.18. The number of anilines is 1. The molecule has 1 heterocycles. The molecular weight excluding hydrogens is 228 g/mol. The first-order valence-corrected chi connectivity index (χ1v) is 6.26. The minimum Gasteiger partial charge on any atom is -0.384 e. The smallest absolute Gasteiger partial charge is 0.128 e. The molecule has 1 aromatic rings. The van der Waals surface area contributed by atoms with E-state index in [2.05, 4.69) is 4.98 Å². The summed E-state index contributed by atoms with van der Waals surface area (Å²) in [5.41, 5.74) is 6.03. The minimum absolute atomic E-state index is 0.0458. The lowest BCUT2D eigenvalue weighted by molar-refractivity contribution is 0.131. The third-order valence-electron chi connectivity index (χ3n) is 3.07. The molecule has 1 aliphatic carbocycles. The summed E-state index contributed by atoms with van der Waals surface area (Å²) in [7, 11) is 1.98. The van der Waals surface area contributed by atoms with Crippen molar-refractivity contribution in [2.45, 2.75) is 12.8 Å². The number of nitrogen functional groups attached to an aromatic ring is 1. The lowest BCUT2D eigenvalue weighted by atomic mass is 10.2. The summed E-state index contributed by atoms with van der Waals surface area (Å²) in [6.45, 7) is 2.44. The normalized spacial score (nSPS) is 14.5. The molecule has 0 radical (unpaired) electrons. The Kier molecular flexibility index (Phi) is 4.15. The average molecular weight is 248 g/mol. The summed E-state index contributed by atoms with van der Waals surface area (Å²) >= 11 is 0. The fraction of sp³-hybridized carbons (Fsp3) is 0.538. The maximum absolute atomic E-state index is 7.30. The van der Waals surface area contributed by atoms with Crippen LogP contribution in [0.5, 0.6) is 0 Å². The molecule has 1 aromatic heterocycles. The Morgan fingerprint density at radius 1 is 1.56 bits per heavy atom. The van der Waals surface area contributed by atoms with Gasteiger partial charge in [0.2, 0.25) is 0 Å². The maximum Gasteiger partial charge on any atom is 0.128 e. The van der Waals surface area contributed by atoms with Crippen molar-refractivity contribution < 1.29 is 4.74 Å². The summed E-state index contributed by atoms with van der Waals surface area (Å²) in [6.07, 6.45) is 4.27. The van der Waals surface area contributed by atoms with Gasteiger partial charge in [-0.3, -0.25) is 5.41 Å². The van der Waals surface area contributed by atoms with E-state index in [9.17, 15) is 0 Å². The van der Waals surface area contributed by atoms with E-state index in [4.69, 9.17) is 15.9 Å². The van der Waals surface area contributed by atoms with Crippen molar-refractivity contribution in [1.29, 1.82) is 5.41 Å². The van der Waals surface area contributed by atoms with Crippen LogP contribution in [0.1, 0.15) is 18.4 Å². The van der Waals surface area contributed by atoms with Crippen LogP contribution in [0.4, 0.5) is 5.82 Å². The van der Waals surface area contributed by atoms with Crippen molar-refractivity contribution in [1.82, 2.24) is 4.98 Å². The van der Waals surface area contributed by atoms with E-state index in [1.807, 2.05) is 24.1 Å². The highest BCUT2D eigenvalue weighted by Gasteiger charge is 2.20. The van der Waals surface area contributed by atoms with Crippen LogP contribution in [0.25, 0.3) is 0 Å². The number of nitrogens with zero attached hydrogens (tertiary/aromatic N) is 2. The zero-order valence-corrected chi connectivity index (χ0v) is 10.7. The molecule has 5 nitrogen and oxygen atoms in total. The molecule has 0 saturated heterocycles. The van der Waals surface area contributed by atoms with E-state index in [1.54, 1.807) is 6.20 Å². The summed E-state index contributed by atoms with van der Waals surface area (Å²) in [6, 6.07) is 3.68. The number of rotatable bonds is 7. The van der Waals surface area contributed by atoms with Gasteiger partial charge in [0.25, 0.3) is 0 Å². The van der Waals surface area contributed by atoms with E-state index >= 15 is 0 Å². The van der Waals surface area contributed by atoms with Crippen LogP contribution in [-0.2, 0) is 4.74 Å². The van der Waals surface area contributed by atoms with Crippen LogP contribution in [0.2, 0.25) is 0 Å². The number of ether oxygens (including phenoxy) is 1. The molecule has 18 heavy (non-hydrogen) atoms. The number of hydrogen-bond donors (Lipinski definition) is 2. The van der Waals surface area contributed by atoms with E-state index in [0.717, 1.165) is 31.5 Å². The molecule has 0 spiro atoms. The Balaban J connectivity index is 1.76. The van der Waals surface area contributed by atoms with Gasteiger partial charge in [-0.25, -0.2) is 4.98 Å². The molecule has 1 fully saturated rings. The number of hydrogen-bond acceptors (Lipinski definition) is 4. The standard InChI is InChI=1S/C13H20N4O/c1-17(6-7-18-9-10-2-3-10)12-5-4-11(8-16-12)13(14)15/h4-5,8,10H,2-3,6-7,9H2,1H3,(H3,14,15). The van der Waals surface area contributed by atoms with Gasteiger partial charge >= 0.3 is 0 Å². The van der Waals surface area contributed by atoms with Crippen LogP contribution in [0, 0.1) is 11.3 Å². The van der Waals surface area contributed by atoms with E-state index in [-0.39, 0.29) is 5.84 Å². The van der Waals surface area contributed by atoms with Crippen LogP contribution in [-0.4, -0.2) is 37.6 Å². The Morgan fingerprint density at radius 2 is 2.33 bits per heavy atom. The molecule has 3 N–H and O–H groups in total. The molecular formula is C13H20N4O. The van der Waals surface area contributed by atoms with Gasteiger partial charge in [0, 0.05) is 32.0 Å². The zero-order chi connectivity index (χ0) is 13.0. The topological polar surface area (TPSA) is 75.2 Å². The highest BCUT2D eigenvalue weighted by Crippen LogP contribution is 2.28. The summed E-state index contributed by atoms with van der Waals surface area (Å²) < 4.78 is 5.59. The van der Waals surface area contributed by atoms with Crippen molar-refractivity contribution in [2.75, 3.05) is 31.7 Å². The van der Waals surface area contributed by atoms with Gasteiger partial charge in [-0.2, -0.15) is 0 Å². The molecule has 0 amide bonds. The number of amidine groups is 1. The second-order valence-electron chi connectivity index (χ2n) is 4.76. The third-order valence-corrected chi connectivity index (χ3v) is 3.07. The van der Waals surface area contributed by atoms with E-state index in [0.29, 0.717) is 5.56 Å². The van der Waals surface area contributed by atoms with Crippen LogP contribution >= 0.6 is 0 Å². The van der Waals surface area contributed by atoms with E-state index < -0.39 is 0 Å². The van der Waals surface area contributed by atoms with Gasteiger partial charge in [0.1, 0.15) is 11.7 Å². The van der Waals surface area contributed by atoms with Gasteiger partial charge in [-0.15, -0.1) is 0 Å². The van der Waals surface area contributed by atoms with Gasteiger partial charge in [0.05, 0.1) is 6.61 Å². The fourth-order valence-electron chi connectivity index (χ4n) is 1.62. The molecule has 0 bridgehead atoms. The Labute approximate surface area is 107 Å². The van der Waals surface area contributed by atoms with Gasteiger partial charge < -0.3 is 15.4 Å². The Bertz CT molecular complexity index is 400. The van der Waals surface area contributed by atoms with Gasteiger partial charge in [-0.05, 0) is 30.9 Å². The predicted molar refractivity (Wildman–Crippen MR) is 72.1 cm³/mol. The van der Waals surface area contributed by atoms with Crippen molar-refractivity contribution in [2.24, 2.45) is 11.7 Å². The third kappa shape index (κ3) is 3.70. The summed E-state index contributed by atoms with van der Waals surface area (Å²) in [4.78, 5) is 6.31. The number of pyridine rings is 1. The van der Waals surface area contributed by atoms with Gasteiger partial charge in [0.15, 0.2) is 0 Å².